The number of hydrogen-bond acceptors (Lipinski definition) is 9. The largest absolute Gasteiger partial charge is 0.497 e. The van der Waals surface area contributed by atoms with Crippen LogP contribution in [0.25, 0.3) is 0 Å². The summed E-state index contributed by atoms with van der Waals surface area (Å²) in [6.45, 7) is 3.08. The SMILES string of the molecule is C=O.CC(=O)O.O=[N+]([O-])c1cc([N+](=O)[O-])c(O)c([N+](=O)[O-])c1. The Bertz CT molecular complexity index is 560. The molecule has 2 N–H and O–H groups in total. The summed E-state index contributed by atoms with van der Waals surface area (Å²) in [5.74, 6) is -2.04. The fourth-order valence-corrected chi connectivity index (χ4v) is 0.974. The Kier molecular flexibility index (Phi) is 8.73. The van der Waals surface area contributed by atoms with E-state index in [9.17, 15) is 30.3 Å². The first-order valence-corrected chi connectivity index (χ1v) is 4.86. The lowest BCUT2D eigenvalue weighted by molar-refractivity contribution is -0.404. The van der Waals surface area contributed by atoms with Crippen molar-refractivity contribution < 1.29 is 34.6 Å². The molecule has 0 atom stereocenters. The minimum atomic E-state index is -1.21. The third-order valence-electron chi connectivity index (χ3n) is 1.66. The van der Waals surface area contributed by atoms with Gasteiger partial charge in [-0.15, -0.1) is 0 Å². The molecule has 0 aliphatic rings. The fourth-order valence-electron chi connectivity index (χ4n) is 0.974. The zero-order valence-electron chi connectivity index (χ0n) is 10.9. The number of phenols is 1. The Balaban J connectivity index is 0. The average Bonchev–Trinajstić information content (AvgIpc) is 2.39. The van der Waals surface area contributed by atoms with Crippen LogP contribution in [-0.4, -0.2) is 37.7 Å². The van der Waals surface area contributed by atoms with Crippen molar-refractivity contribution in [1.29, 1.82) is 0 Å². The topological polar surface area (TPSA) is 204 Å². The van der Waals surface area contributed by atoms with Gasteiger partial charge in [-0.25, -0.2) is 0 Å². The van der Waals surface area contributed by atoms with Gasteiger partial charge in [-0.1, -0.05) is 0 Å². The van der Waals surface area contributed by atoms with Crippen molar-refractivity contribution in [1.82, 2.24) is 0 Å². The lowest BCUT2D eigenvalue weighted by Gasteiger charge is -1.97. The molecule has 0 aliphatic carbocycles. The van der Waals surface area contributed by atoms with Gasteiger partial charge in [0, 0.05) is 6.92 Å². The second kappa shape index (κ2) is 9.29. The molecular formula is C9H9N3O10. The highest BCUT2D eigenvalue weighted by Crippen LogP contribution is 2.38. The number of aliphatic carboxylic acids is 1. The molecule has 0 bridgehead atoms. The standard InChI is InChI=1S/C6H3N3O7.C2H4O2.CH2O/c10-6-4(8(13)14)1-3(7(11)12)2-5(6)9(15)16;1-2(3)4;1-2/h1-2,10H;1H3,(H,3,4);1H2. The number of benzene rings is 1. The normalized spacial score (nSPS) is 8.41. The molecule has 0 aromatic heterocycles. The van der Waals surface area contributed by atoms with Gasteiger partial charge in [-0.3, -0.25) is 35.1 Å². The quantitative estimate of drug-likeness (QED) is 0.597. The van der Waals surface area contributed by atoms with Crippen LogP contribution in [0.4, 0.5) is 17.1 Å². The van der Waals surface area contributed by atoms with Gasteiger partial charge in [0.25, 0.3) is 17.4 Å². The molecule has 1 aromatic carbocycles. The first kappa shape index (κ1) is 20.7. The number of carbonyl (C=O) groups excluding carboxylic acids is 1. The Hall–Kier alpha value is -3.64. The smallest absolute Gasteiger partial charge is 0.324 e. The van der Waals surface area contributed by atoms with E-state index in [-0.39, 0.29) is 0 Å². The van der Waals surface area contributed by atoms with Crippen LogP contribution >= 0.6 is 0 Å². The van der Waals surface area contributed by atoms with E-state index < -0.39 is 43.6 Å². The number of aromatic hydroxyl groups is 1. The molecule has 0 heterocycles. The van der Waals surface area contributed by atoms with Gasteiger partial charge in [0.2, 0.25) is 0 Å². The highest BCUT2D eigenvalue weighted by Gasteiger charge is 2.29. The number of nitro benzene ring substituents is 3. The number of hydrogen-bond donors (Lipinski definition) is 2. The summed E-state index contributed by atoms with van der Waals surface area (Å²) >= 11 is 0. The van der Waals surface area contributed by atoms with Crippen molar-refractivity contribution in [3.05, 3.63) is 42.5 Å². The maximum Gasteiger partial charge on any atom is 0.324 e. The van der Waals surface area contributed by atoms with Gasteiger partial charge in [-0.2, -0.15) is 0 Å². The van der Waals surface area contributed by atoms with Crippen LogP contribution < -0.4 is 0 Å². The molecule has 0 spiro atoms. The summed E-state index contributed by atoms with van der Waals surface area (Å²) in [5, 5.41) is 47.6. The van der Waals surface area contributed by atoms with E-state index in [1.165, 1.54) is 0 Å². The predicted octanol–water partition coefficient (Wildman–Crippen LogP) is 1.02. The molecule has 0 fully saturated rings. The first-order valence-electron chi connectivity index (χ1n) is 4.86. The molecule has 1 aromatic rings. The Morgan fingerprint density at radius 2 is 1.27 bits per heavy atom. The van der Waals surface area contributed by atoms with Gasteiger partial charge >= 0.3 is 11.4 Å². The summed E-state index contributed by atoms with van der Waals surface area (Å²) in [4.78, 5) is 44.8. The zero-order valence-corrected chi connectivity index (χ0v) is 10.9. The summed E-state index contributed by atoms with van der Waals surface area (Å²) in [6.07, 6.45) is 0. The minimum Gasteiger partial charge on any atom is -0.497 e. The van der Waals surface area contributed by atoms with Crippen molar-refractivity contribution in [2.45, 2.75) is 6.92 Å². The van der Waals surface area contributed by atoms with Crippen LogP contribution in [0, 0.1) is 30.3 Å². The van der Waals surface area contributed by atoms with Crippen LogP contribution in [0.15, 0.2) is 12.1 Å². The van der Waals surface area contributed by atoms with E-state index in [1.54, 1.807) is 0 Å². The van der Waals surface area contributed by atoms with Gasteiger partial charge in [-0.05, 0) is 0 Å². The fraction of sp³-hybridized carbons (Fsp3) is 0.111. The summed E-state index contributed by atoms with van der Waals surface area (Å²) in [6, 6.07) is 0.894. The number of carboxylic acids is 1. The molecule has 0 saturated carbocycles. The highest BCUT2D eigenvalue weighted by molar-refractivity contribution is 5.64. The monoisotopic (exact) mass is 319 g/mol. The Morgan fingerprint density at radius 1 is 1.00 bits per heavy atom. The zero-order chi connectivity index (χ0) is 18.0. The molecular weight excluding hydrogens is 310 g/mol. The van der Waals surface area contributed by atoms with Crippen LogP contribution in [0.3, 0.4) is 0 Å². The number of rotatable bonds is 3. The number of carbonyl (C=O) groups is 2. The maximum atomic E-state index is 10.4. The van der Waals surface area contributed by atoms with E-state index in [1.807, 2.05) is 6.79 Å². The lowest BCUT2D eigenvalue weighted by atomic mass is 10.2. The van der Waals surface area contributed by atoms with Crippen LogP contribution in [-0.2, 0) is 9.59 Å². The van der Waals surface area contributed by atoms with Gasteiger partial charge in [0.1, 0.15) is 6.79 Å². The average molecular weight is 319 g/mol. The summed E-state index contributed by atoms with van der Waals surface area (Å²) < 4.78 is 0. The van der Waals surface area contributed by atoms with Crippen molar-refractivity contribution in [2.24, 2.45) is 0 Å². The van der Waals surface area contributed by atoms with E-state index >= 15 is 0 Å². The summed E-state index contributed by atoms with van der Waals surface area (Å²) in [7, 11) is 0. The van der Waals surface area contributed by atoms with Crippen molar-refractivity contribution in [2.75, 3.05) is 0 Å². The van der Waals surface area contributed by atoms with Crippen LogP contribution in [0.2, 0.25) is 0 Å². The molecule has 0 amide bonds. The van der Waals surface area contributed by atoms with Crippen LogP contribution in [0.1, 0.15) is 6.92 Å². The predicted molar refractivity (Wildman–Crippen MR) is 68.5 cm³/mol. The third kappa shape index (κ3) is 6.50. The van der Waals surface area contributed by atoms with Crippen molar-refractivity contribution in [3.8, 4) is 5.75 Å². The number of carboxylic acid groups (broad SMARTS) is 1. The second-order valence-electron chi connectivity index (χ2n) is 3.12. The second-order valence-corrected chi connectivity index (χ2v) is 3.12. The number of non-ortho nitro benzene ring substituents is 1. The van der Waals surface area contributed by atoms with E-state index in [0.717, 1.165) is 6.92 Å². The molecule has 0 aliphatic heterocycles. The Labute approximate surface area is 120 Å². The van der Waals surface area contributed by atoms with Crippen LogP contribution in [0.5, 0.6) is 5.75 Å². The third-order valence-corrected chi connectivity index (χ3v) is 1.66. The maximum absolute atomic E-state index is 10.4. The highest BCUT2D eigenvalue weighted by atomic mass is 16.6. The molecule has 0 unspecified atom stereocenters. The molecule has 22 heavy (non-hydrogen) atoms. The van der Waals surface area contributed by atoms with E-state index in [4.69, 9.17) is 19.8 Å². The van der Waals surface area contributed by atoms with Gasteiger partial charge in [0.05, 0.1) is 26.9 Å². The first-order chi connectivity index (χ1) is 10.1. The molecule has 120 valence electrons. The molecule has 1 rings (SSSR count). The van der Waals surface area contributed by atoms with E-state index in [2.05, 4.69) is 0 Å². The Morgan fingerprint density at radius 3 is 1.45 bits per heavy atom. The molecule has 13 nitrogen and oxygen atoms in total. The van der Waals surface area contributed by atoms with E-state index in [0.29, 0.717) is 12.1 Å². The summed E-state index contributed by atoms with van der Waals surface area (Å²) in [5.41, 5.74) is -3.00. The molecule has 13 heteroatoms. The van der Waals surface area contributed by atoms with Gasteiger partial charge in [0.15, 0.2) is 0 Å². The minimum absolute atomic E-state index is 0.447. The number of phenolic OH excluding ortho intramolecular Hbond substituents is 1. The van der Waals surface area contributed by atoms with Gasteiger partial charge < -0.3 is 15.0 Å². The lowest BCUT2D eigenvalue weighted by Crippen LogP contribution is -1.97. The van der Waals surface area contributed by atoms with Crippen molar-refractivity contribution >= 4 is 29.8 Å². The number of nitrogens with zero attached hydrogens (tertiary/aromatic N) is 3. The molecule has 0 saturated heterocycles. The number of nitro groups is 3. The molecule has 0 radical (unpaired) electrons. The van der Waals surface area contributed by atoms with Crippen molar-refractivity contribution in [3.63, 3.8) is 0 Å².